The van der Waals surface area contributed by atoms with Crippen molar-refractivity contribution < 1.29 is 4.79 Å². The summed E-state index contributed by atoms with van der Waals surface area (Å²) in [6.07, 6.45) is 3.77. The van der Waals surface area contributed by atoms with E-state index in [-0.39, 0.29) is 18.0 Å². The Balaban J connectivity index is 1.68. The fraction of sp³-hybridized carbons (Fsp3) is 0.611. The van der Waals surface area contributed by atoms with Crippen LogP contribution >= 0.6 is 0 Å². The predicted octanol–water partition coefficient (Wildman–Crippen LogP) is 2.87. The van der Waals surface area contributed by atoms with Crippen LogP contribution < -0.4 is 10.6 Å². The van der Waals surface area contributed by atoms with E-state index in [2.05, 4.69) is 49.6 Å². The SMILES string of the molecule is Cc1ccc(C)c(C(C)NC(=O)C2NCC3CCCC32)c1. The average Bonchev–Trinajstić information content (AvgIpc) is 3.03. The van der Waals surface area contributed by atoms with Crippen LogP contribution in [-0.4, -0.2) is 18.5 Å². The quantitative estimate of drug-likeness (QED) is 0.897. The molecule has 0 radical (unpaired) electrons. The van der Waals surface area contributed by atoms with Crippen LogP contribution in [0.15, 0.2) is 18.2 Å². The van der Waals surface area contributed by atoms with Crippen molar-refractivity contribution >= 4 is 5.91 Å². The first kappa shape index (κ1) is 14.6. The molecule has 1 aliphatic heterocycles. The van der Waals surface area contributed by atoms with Gasteiger partial charge in [-0.3, -0.25) is 4.79 Å². The molecule has 0 spiro atoms. The lowest BCUT2D eigenvalue weighted by atomic mass is 9.93. The largest absolute Gasteiger partial charge is 0.348 e. The van der Waals surface area contributed by atoms with Gasteiger partial charge in [0.15, 0.2) is 0 Å². The number of amides is 1. The number of nitrogens with one attached hydrogen (secondary N) is 2. The molecular weight excluding hydrogens is 260 g/mol. The van der Waals surface area contributed by atoms with E-state index in [0.29, 0.717) is 5.92 Å². The van der Waals surface area contributed by atoms with Gasteiger partial charge in [-0.05, 0) is 63.1 Å². The van der Waals surface area contributed by atoms with E-state index in [4.69, 9.17) is 0 Å². The van der Waals surface area contributed by atoms with Gasteiger partial charge in [-0.25, -0.2) is 0 Å². The molecule has 114 valence electrons. The minimum atomic E-state index is 0.0186. The van der Waals surface area contributed by atoms with E-state index >= 15 is 0 Å². The maximum Gasteiger partial charge on any atom is 0.237 e. The number of hydrogen-bond acceptors (Lipinski definition) is 2. The highest BCUT2D eigenvalue weighted by atomic mass is 16.2. The summed E-state index contributed by atoms with van der Waals surface area (Å²) in [5.41, 5.74) is 3.71. The first-order valence-corrected chi connectivity index (χ1v) is 8.17. The Kier molecular flexibility index (Phi) is 4.03. The molecule has 3 nitrogen and oxygen atoms in total. The Morgan fingerprint density at radius 3 is 2.95 bits per heavy atom. The molecule has 1 aliphatic carbocycles. The summed E-state index contributed by atoms with van der Waals surface area (Å²) in [6, 6.07) is 6.52. The van der Waals surface area contributed by atoms with Crippen molar-refractivity contribution in [2.24, 2.45) is 11.8 Å². The van der Waals surface area contributed by atoms with Crippen LogP contribution in [0, 0.1) is 25.7 Å². The number of carbonyl (C=O) groups excluding carboxylic acids is 1. The predicted molar refractivity (Wildman–Crippen MR) is 85.1 cm³/mol. The van der Waals surface area contributed by atoms with Crippen molar-refractivity contribution in [1.82, 2.24) is 10.6 Å². The highest BCUT2D eigenvalue weighted by Crippen LogP contribution is 2.37. The number of fused-ring (bicyclic) bond motifs is 1. The van der Waals surface area contributed by atoms with Gasteiger partial charge in [0.2, 0.25) is 5.91 Å². The second kappa shape index (κ2) is 5.80. The van der Waals surface area contributed by atoms with E-state index in [9.17, 15) is 4.79 Å². The summed E-state index contributed by atoms with van der Waals surface area (Å²) in [4.78, 5) is 12.6. The summed E-state index contributed by atoms with van der Waals surface area (Å²) < 4.78 is 0. The molecule has 0 aromatic heterocycles. The van der Waals surface area contributed by atoms with Gasteiger partial charge in [0, 0.05) is 0 Å². The molecule has 1 saturated carbocycles. The molecule has 2 aliphatic rings. The molecule has 3 rings (SSSR count). The molecule has 2 N–H and O–H groups in total. The summed E-state index contributed by atoms with van der Waals surface area (Å²) in [7, 11) is 0. The summed E-state index contributed by atoms with van der Waals surface area (Å²) in [5.74, 6) is 1.45. The number of carbonyl (C=O) groups is 1. The lowest BCUT2D eigenvalue weighted by molar-refractivity contribution is -0.124. The van der Waals surface area contributed by atoms with Gasteiger partial charge >= 0.3 is 0 Å². The molecule has 21 heavy (non-hydrogen) atoms. The fourth-order valence-electron chi connectivity index (χ4n) is 4.08. The van der Waals surface area contributed by atoms with Crippen molar-refractivity contribution in [2.75, 3.05) is 6.54 Å². The van der Waals surface area contributed by atoms with Gasteiger partial charge in [-0.1, -0.05) is 30.2 Å². The molecule has 1 aromatic rings. The first-order chi connectivity index (χ1) is 10.1. The van der Waals surface area contributed by atoms with Crippen LogP contribution in [-0.2, 0) is 4.79 Å². The second-order valence-corrected chi connectivity index (χ2v) is 6.83. The monoisotopic (exact) mass is 286 g/mol. The number of rotatable bonds is 3. The van der Waals surface area contributed by atoms with Crippen LogP contribution in [0.25, 0.3) is 0 Å². The van der Waals surface area contributed by atoms with Crippen molar-refractivity contribution in [2.45, 2.75) is 52.1 Å². The van der Waals surface area contributed by atoms with Crippen LogP contribution in [0.4, 0.5) is 0 Å². The zero-order valence-corrected chi connectivity index (χ0v) is 13.3. The number of hydrogen-bond donors (Lipinski definition) is 2. The third kappa shape index (κ3) is 2.84. The highest BCUT2D eigenvalue weighted by Gasteiger charge is 2.42. The average molecular weight is 286 g/mol. The van der Waals surface area contributed by atoms with Crippen molar-refractivity contribution in [3.63, 3.8) is 0 Å². The number of benzene rings is 1. The standard InChI is InChI=1S/C18H26N2O/c1-11-7-8-12(2)16(9-11)13(3)20-18(21)17-15-6-4-5-14(15)10-19-17/h7-9,13-15,17,19H,4-6,10H2,1-3H3,(H,20,21). The van der Waals surface area contributed by atoms with Gasteiger partial charge in [-0.15, -0.1) is 0 Å². The summed E-state index contributed by atoms with van der Waals surface area (Å²) in [5, 5.41) is 6.65. The van der Waals surface area contributed by atoms with Gasteiger partial charge < -0.3 is 10.6 Å². The van der Waals surface area contributed by atoms with E-state index in [0.717, 1.165) is 12.5 Å². The third-order valence-corrected chi connectivity index (χ3v) is 5.29. The second-order valence-electron chi connectivity index (χ2n) is 6.83. The van der Waals surface area contributed by atoms with Crippen LogP contribution in [0.1, 0.15) is 48.9 Å². The van der Waals surface area contributed by atoms with Gasteiger partial charge in [-0.2, -0.15) is 0 Å². The van der Waals surface area contributed by atoms with Crippen molar-refractivity contribution in [1.29, 1.82) is 0 Å². The van der Waals surface area contributed by atoms with E-state index in [1.807, 2.05) is 0 Å². The zero-order valence-electron chi connectivity index (χ0n) is 13.3. The van der Waals surface area contributed by atoms with Crippen LogP contribution in [0.3, 0.4) is 0 Å². The maximum atomic E-state index is 12.6. The summed E-state index contributed by atoms with van der Waals surface area (Å²) in [6.45, 7) is 7.30. The van der Waals surface area contributed by atoms with E-state index in [1.165, 1.54) is 36.0 Å². The fourth-order valence-corrected chi connectivity index (χ4v) is 4.08. The van der Waals surface area contributed by atoms with E-state index < -0.39 is 0 Å². The topological polar surface area (TPSA) is 41.1 Å². The lowest BCUT2D eigenvalue weighted by Crippen LogP contribution is -2.44. The Bertz CT molecular complexity index is 540. The zero-order chi connectivity index (χ0) is 15.0. The molecule has 1 aromatic carbocycles. The van der Waals surface area contributed by atoms with Gasteiger partial charge in [0.25, 0.3) is 0 Å². The maximum absolute atomic E-state index is 12.6. The lowest BCUT2D eigenvalue weighted by Gasteiger charge is -2.22. The molecule has 1 heterocycles. The molecule has 0 bridgehead atoms. The van der Waals surface area contributed by atoms with Crippen molar-refractivity contribution in [3.8, 4) is 0 Å². The Hall–Kier alpha value is -1.35. The summed E-state index contributed by atoms with van der Waals surface area (Å²) >= 11 is 0. The molecule has 1 saturated heterocycles. The van der Waals surface area contributed by atoms with Gasteiger partial charge in [0.05, 0.1) is 12.1 Å². The minimum Gasteiger partial charge on any atom is -0.348 e. The molecular formula is C18H26N2O. The normalized spacial score (nSPS) is 29.2. The third-order valence-electron chi connectivity index (χ3n) is 5.29. The first-order valence-electron chi connectivity index (χ1n) is 8.17. The minimum absolute atomic E-state index is 0.0186. The Morgan fingerprint density at radius 1 is 1.33 bits per heavy atom. The molecule has 4 unspecified atom stereocenters. The molecule has 2 fully saturated rings. The molecule has 1 amide bonds. The van der Waals surface area contributed by atoms with Crippen molar-refractivity contribution in [3.05, 3.63) is 34.9 Å². The smallest absolute Gasteiger partial charge is 0.237 e. The van der Waals surface area contributed by atoms with Crippen LogP contribution in [0.2, 0.25) is 0 Å². The highest BCUT2D eigenvalue weighted by molar-refractivity contribution is 5.83. The van der Waals surface area contributed by atoms with Gasteiger partial charge in [0.1, 0.15) is 0 Å². The number of aryl methyl sites for hydroxylation is 2. The van der Waals surface area contributed by atoms with Crippen LogP contribution in [0.5, 0.6) is 0 Å². The Morgan fingerprint density at radius 2 is 2.14 bits per heavy atom. The Labute approximate surface area is 127 Å². The molecule has 3 heteroatoms. The molecule has 4 atom stereocenters. The van der Waals surface area contributed by atoms with E-state index in [1.54, 1.807) is 0 Å².